The minimum atomic E-state index is -0.669. The van der Waals surface area contributed by atoms with Crippen molar-refractivity contribution >= 4 is 39.3 Å². The van der Waals surface area contributed by atoms with E-state index in [0.717, 1.165) is 11.1 Å². The van der Waals surface area contributed by atoms with Crippen LogP contribution in [-0.4, -0.2) is 24.8 Å². The smallest absolute Gasteiger partial charge is 0.338 e. The van der Waals surface area contributed by atoms with Crippen molar-refractivity contribution in [1.29, 1.82) is 5.26 Å². The number of esters is 1. The highest BCUT2D eigenvalue weighted by Crippen LogP contribution is 2.35. The van der Waals surface area contributed by atoms with Crippen LogP contribution in [0.15, 0.2) is 92.3 Å². The van der Waals surface area contributed by atoms with Crippen LogP contribution >= 0.6 is 27.3 Å². The molecule has 8 nitrogen and oxygen atoms in total. The average Bonchev–Trinajstić information content (AvgIpc) is 3.34. The second kappa shape index (κ2) is 12.6. The van der Waals surface area contributed by atoms with Gasteiger partial charge in [0.25, 0.3) is 5.56 Å². The summed E-state index contributed by atoms with van der Waals surface area (Å²) >= 11 is 4.86. The maximum atomic E-state index is 13.9. The first kappa shape index (κ1) is 29.0. The molecular formula is C32H26BrN3O5S. The molecule has 42 heavy (non-hydrogen) atoms. The fourth-order valence-corrected chi connectivity index (χ4v) is 6.25. The number of aromatic nitrogens is 1. The maximum Gasteiger partial charge on any atom is 0.338 e. The quantitative estimate of drug-likeness (QED) is 0.250. The second-order valence-corrected chi connectivity index (χ2v) is 11.1. The Bertz CT molecular complexity index is 1920. The van der Waals surface area contributed by atoms with Gasteiger partial charge in [0.1, 0.15) is 6.61 Å². The first-order valence-corrected chi connectivity index (χ1v) is 14.7. The minimum absolute atomic E-state index is 0.187. The Morgan fingerprint density at radius 2 is 1.86 bits per heavy atom. The second-order valence-electron chi connectivity index (χ2n) is 9.28. The largest absolute Gasteiger partial charge is 0.493 e. The molecule has 0 spiro atoms. The van der Waals surface area contributed by atoms with Crippen molar-refractivity contribution in [3.8, 4) is 17.6 Å². The number of rotatable bonds is 8. The summed E-state index contributed by atoms with van der Waals surface area (Å²) in [7, 11) is 2.87. The van der Waals surface area contributed by atoms with E-state index in [2.05, 4.69) is 22.0 Å². The molecule has 0 saturated carbocycles. The number of hydrogen-bond donors (Lipinski definition) is 0. The number of carbonyl (C=O) groups is 1. The van der Waals surface area contributed by atoms with E-state index in [1.807, 2.05) is 49.4 Å². The summed E-state index contributed by atoms with van der Waals surface area (Å²) in [4.78, 5) is 32.1. The summed E-state index contributed by atoms with van der Waals surface area (Å²) < 4.78 is 19.4. The highest BCUT2D eigenvalue weighted by Gasteiger charge is 2.33. The summed E-state index contributed by atoms with van der Waals surface area (Å²) in [6, 6.07) is 21.7. The Labute approximate surface area is 254 Å². The predicted molar refractivity (Wildman–Crippen MR) is 163 cm³/mol. The summed E-state index contributed by atoms with van der Waals surface area (Å²) in [5, 5.41) is 9.38. The van der Waals surface area contributed by atoms with E-state index >= 15 is 0 Å². The molecule has 0 aliphatic carbocycles. The van der Waals surface area contributed by atoms with Gasteiger partial charge >= 0.3 is 5.97 Å². The van der Waals surface area contributed by atoms with Crippen molar-refractivity contribution in [1.82, 2.24) is 4.57 Å². The number of methoxy groups -OCH3 is 2. The highest BCUT2D eigenvalue weighted by atomic mass is 79.9. The van der Waals surface area contributed by atoms with Gasteiger partial charge in [-0.2, -0.15) is 5.26 Å². The van der Waals surface area contributed by atoms with Crippen LogP contribution in [0.1, 0.15) is 41.6 Å². The van der Waals surface area contributed by atoms with E-state index in [4.69, 9.17) is 19.2 Å². The highest BCUT2D eigenvalue weighted by molar-refractivity contribution is 9.10. The predicted octanol–water partition coefficient (Wildman–Crippen LogP) is 5.02. The molecule has 0 N–H and O–H groups in total. The standard InChI is InChI=1S/C32H26BrN3O5S/c1-4-24-28(31(38)40-3)29(19-10-6-5-7-11-19)36-30(37)27(42-32(36)35-24)15-22-14-25(39-2)26(16-23(22)33)41-18-21-13-9-8-12-20(21)17-34/h5-16,29H,4,18H2,1-3H3/b27-15-/t29-/m1/s1. The number of fused-ring (bicyclic) bond motifs is 1. The number of halogens is 1. The molecule has 1 aliphatic heterocycles. The van der Waals surface area contributed by atoms with Crippen molar-refractivity contribution in [2.45, 2.75) is 26.0 Å². The van der Waals surface area contributed by atoms with Crippen LogP contribution in [0.25, 0.3) is 6.08 Å². The summed E-state index contributed by atoms with van der Waals surface area (Å²) in [5.74, 6) is 0.435. The van der Waals surface area contributed by atoms with Gasteiger partial charge in [0, 0.05) is 10.0 Å². The summed E-state index contributed by atoms with van der Waals surface area (Å²) in [6.45, 7) is 2.11. The third-order valence-electron chi connectivity index (χ3n) is 6.86. The number of allylic oxidation sites excluding steroid dienone is 1. The van der Waals surface area contributed by atoms with Crippen molar-refractivity contribution in [3.05, 3.63) is 124 Å². The maximum absolute atomic E-state index is 13.9. The molecule has 1 aromatic heterocycles. The van der Waals surface area contributed by atoms with Gasteiger partial charge in [0.15, 0.2) is 16.3 Å². The molecule has 0 radical (unpaired) electrons. The van der Waals surface area contributed by atoms with Crippen molar-refractivity contribution in [3.63, 3.8) is 0 Å². The Kier molecular flexibility index (Phi) is 8.71. The van der Waals surface area contributed by atoms with Crippen molar-refractivity contribution in [2.24, 2.45) is 4.99 Å². The third-order valence-corrected chi connectivity index (χ3v) is 8.53. The van der Waals surface area contributed by atoms with E-state index < -0.39 is 12.0 Å². The van der Waals surface area contributed by atoms with Crippen LogP contribution in [0.3, 0.4) is 0 Å². The van der Waals surface area contributed by atoms with Gasteiger partial charge in [-0.1, -0.05) is 82.7 Å². The van der Waals surface area contributed by atoms with Gasteiger partial charge in [-0.15, -0.1) is 0 Å². The Morgan fingerprint density at radius 1 is 1.12 bits per heavy atom. The monoisotopic (exact) mass is 643 g/mol. The van der Waals surface area contributed by atoms with E-state index in [-0.39, 0.29) is 12.2 Å². The summed E-state index contributed by atoms with van der Waals surface area (Å²) in [5.41, 5.74) is 3.45. The molecule has 0 unspecified atom stereocenters. The fraction of sp³-hybridized carbons (Fsp3) is 0.188. The normalized spacial score (nSPS) is 14.5. The molecule has 2 heterocycles. The van der Waals surface area contributed by atoms with Gasteiger partial charge in [-0.05, 0) is 41.8 Å². The third kappa shape index (κ3) is 5.53. The van der Waals surface area contributed by atoms with Gasteiger partial charge < -0.3 is 14.2 Å². The Morgan fingerprint density at radius 3 is 2.55 bits per heavy atom. The van der Waals surface area contributed by atoms with Crippen LogP contribution < -0.4 is 24.4 Å². The lowest BCUT2D eigenvalue weighted by Gasteiger charge is -2.25. The Balaban J connectivity index is 1.59. The van der Waals surface area contributed by atoms with E-state index in [9.17, 15) is 14.9 Å². The zero-order chi connectivity index (χ0) is 29.8. The van der Waals surface area contributed by atoms with Crippen LogP contribution in [0.2, 0.25) is 0 Å². The zero-order valence-corrected chi connectivity index (χ0v) is 25.5. The first-order valence-electron chi connectivity index (χ1n) is 13.1. The molecule has 5 rings (SSSR count). The number of benzene rings is 3. The SMILES string of the molecule is CCC1=C(C(=O)OC)[C@@H](c2ccccc2)n2c(s/c(=C\c3cc(OC)c(OCc4ccccc4C#N)cc3Br)c2=O)=N1. The number of thiazole rings is 1. The number of carbonyl (C=O) groups excluding carboxylic acids is 1. The molecule has 212 valence electrons. The number of ether oxygens (including phenoxy) is 3. The molecule has 10 heteroatoms. The molecule has 0 saturated heterocycles. The van der Waals surface area contributed by atoms with E-state index in [1.54, 1.807) is 34.9 Å². The van der Waals surface area contributed by atoms with Gasteiger partial charge in [0.2, 0.25) is 0 Å². The molecule has 4 aromatic rings. The van der Waals surface area contributed by atoms with Crippen molar-refractivity contribution in [2.75, 3.05) is 14.2 Å². The lowest BCUT2D eigenvalue weighted by atomic mass is 9.95. The molecule has 1 aliphatic rings. The lowest BCUT2D eigenvalue weighted by Crippen LogP contribution is -2.40. The van der Waals surface area contributed by atoms with Gasteiger partial charge in [0.05, 0.1) is 47.7 Å². The van der Waals surface area contributed by atoms with E-state index in [0.29, 0.717) is 54.1 Å². The number of nitriles is 1. The molecule has 3 aromatic carbocycles. The summed E-state index contributed by atoms with van der Waals surface area (Å²) in [6.07, 6.45) is 2.27. The van der Waals surface area contributed by atoms with Crippen LogP contribution in [-0.2, 0) is 16.1 Å². The van der Waals surface area contributed by atoms with Crippen molar-refractivity contribution < 1.29 is 19.0 Å². The Hall–Kier alpha value is -4.46. The van der Waals surface area contributed by atoms with E-state index in [1.165, 1.54) is 25.6 Å². The molecule has 0 bridgehead atoms. The van der Waals surface area contributed by atoms with Crippen LogP contribution in [0, 0.1) is 11.3 Å². The number of nitrogens with zero attached hydrogens (tertiary/aromatic N) is 3. The van der Waals surface area contributed by atoms with Crippen LogP contribution in [0.4, 0.5) is 0 Å². The van der Waals surface area contributed by atoms with Gasteiger partial charge in [-0.25, -0.2) is 9.79 Å². The molecule has 1 atom stereocenters. The average molecular weight is 645 g/mol. The molecule has 0 amide bonds. The van der Waals surface area contributed by atoms with Gasteiger partial charge in [-0.3, -0.25) is 9.36 Å². The topological polar surface area (TPSA) is 103 Å². The first-order chi connectivity index (χ1) is 20.4. The lowest BCUT2D eigenvalue weighted by molar-refractivity contribution is -0.136. The molecule has 0 fully saturated rings. The number of hydrogen-bond acceptors (Lipinski definition) is 8. The molecular weight excluding hydrogens is 618 g/mol. The fourth-order valence-electron chi connectivity index (χ4n) is 4.80. The zero-order valence-electron chi connectivity index (χ0n) is 23.1. The van der Waals surface area contributed by atoms with Crippen LogP contribution in [0.5, 0.6) is 11.5 Å². The minimum Gasteiger partial charge on any atom is -0.493 e.